The highest BCUT2D eigenvalue weighted by molar-refractivity contribution is 7.12. The van der Waals surface area contributed by atoms with Gasteiger partial charge in [-0.3, -0.25) is 14.9 Å². The van der Waals surface area contributed by atoms with Gasteiger partial charge in [0.1, 0.15) is 12.2 Å². The van der Waals surface area contributed by atoms with E-state index in [1.165, 1.54) is 18.3 Å². The van der Waals surface area contributed by atoms with Crippen molar-refractivity contribution in [2.45, 2.75) is 31.3 Å². The number of fused-ring (bicyclic) bond motifs is 1. The number of benzene rings is 1. The van der Waals surface area contributed by atoms with E-state index >= 15 is 0 Å². The van der Waals surface area contributed by atoms with E-state index < -0.39 is 18.3 Å². The molecule has 1 aromatic carbocycles. The third-order valence-corrected chi connectivity index (χ3v) is 5.73. The van der Waals surface area contributed by atoms with Gasteiger partial charge < -0.3 is 19.5 Å². The fourth-order valence-corrected chi connectivity index (χ4v) is 4.04. The maximum absolute atomic E-state index is 12.3. The van der Waals surface area contributed by atoms with Crippen LogP contribution in [0.5, 0.6) is 0 Å². The number of nitrogens with one attached hydrogen (secondary N) is 2. The van der Waals surface area contributed by atoms with Gasteiger partial charge in [-0.1, -0.05) is 6.07 Å². The van der Waals surface area contributed by atoms with Crippen molar-refractivity contribution in [1.29, 1.82) is 0 Å². The second-order valence-corrected chi connectivity index (χ2v) is 7.80. The zero-order valence-electron chi connectivity index (χ0n) is 15.6. The summed E-state index contributed by atoms with van der Waals surface area (Å²) in [6.45, 7) is 1.96. The Hall–Kier alpha value is -2.75. The van der Waals surface area contributed by atoms with E-state index in [4.69, 9.17) is 14.2 Å². The number of ether oxygens (including phenoxy) is 3. The van der Waals surface area contributed by atoms with E-state index in [2.05, 4.69) is 10.6 Å². The number of hydrogen-bond donors (Lipinski definition) is 2. The average Bonchev–Trinajstić information content (AvgIpc) is 3.42. The molecule has 0 aliphatic carbocycles. The first kappa shape index (κ1) is 19.6. The standard InChI is InChI=1S/C20H20N2O6S/c1-11(23)12-4-6-13(7-5-12)21-20(25)28-15-10-27-17-14(9-26-18(15)17)22-19(24)16-3-2-8-29-16/h2-8,14-15,17-18H,9-10H2,1H3,(H,21,25)(H,22,24). The van der Waals surface area contributed by atoms with Crippen LogP contribution in [-0.4, -0.2) is 55.4 Å². The number of amides is 2. The Labute approximate surface area is 171 Å². The Bertz CT molecular complexity index is 898. The zero-order chi connectivity index (χ0) is 20.4. The van der Waals surface area contributed by atoms with Crippen LogP contribution in [0.3, 0.4) is 0 Å². The Kier molecular flexibility index (Phi) is 5.61. The lowest BCUT2D eigenvalue weighted by Crippen LogP contribution is -2.44. The molecule has 0 radical (unpaired) electrons. The van der Waals surface area contributed by atoms with Crippen molar-refractivity contribution in [2.75, 3.05) is 18.5 Å². The minimum atomic E-state index is -0.635. The van der Waals surface area contributed by atoms with Gasteiger partial charge in [-0.2, -0.15) is 0 Å². The molecule has 4 unspecified atom stereocenters. The molecule has 0 spiro atoms. The molecule has 2 N–H and O–H groups in total. The molecule has 9 heteroatoms. The first-order chi connectivity index (χ1) is 14.0. The van der Waals surface area contributed by atoms with Crippen LogP contribution in [0, 0.1) is 0 Å². The summed E-state index contributed by atoms with van der Waals surface area (Å²) >= 11 is 1.36. The van der Waals surface area contributed by atoms with Crippen LogP contribution in [-0.2, 0) is 14.2 Å². The lowest BCUT2D eigenvalue weighted by atomic mass is 10.1. The summed E-state index contributed by atoms with van der Waals surface area (Å²) in [5.74, 6) is -0.221. The van der Waals surface area contributed by atoms with Crippen molar-refractivity contribution in [3.05, 3.63) is 52.2 Å². The van der Waals surface area contributed by atoms with Crippen LogP contribution in [0.15, 0.2) is 41.8 Å². The molecule has 1 aromatic heterocycles. The zero-order valence-corrected chi connectivity index (χ0v) is 16.4. The van der Waals surface area contributed by atoms with Gasteiger partial charge in [0.25, 0.3) is 5.91 Å². The maximum Gasteiger partial charge on any atom is 0.412 e. The summed E-state index contributed by atoms with van der Waals surface area (Å²) in [4.78, 5) is 36.4. The lowest BCUT2D eigenvalue weighted by Gasteiger charge is -2.18. The van der Waals surface area contributed by atoms with E-state index in [9.17, 15) is 14.4 Å². The van der Waals surface area contributed by atoms with Crippen molar-refractivity contribution in [3.8, 4) is 0 Å². The average molecular weight is 416 g/mol. The molecule has 3 heterocycles. The second-order valence-electron chi connectivity index (χ2n) is 6.86. The van der Waals surface area contributed by atoms with Crippen LogP contribution in [0.25, 0.3) is 0 Å². The summed E-state index contributed by atoms with van der Waals surface area (Å²) in [6.07, 6.45) is -2.01. The highest BCUT2D eigenvalue weighted by atomic mass is 32.1. The molecule has 29 heavy (non-hydrogen) atoms. The molecule has 8 nitrogen and oxygen atoms in total. The first-order valence-electron chi connectivity index (χ1n) is 9.17. The van der Waals surface area contributed by atoms with Gasteiger partial charge >= 0.3 is 6.09 Å². The second kappa shape index (κ2) is 8.32. The number of hydrogen-bond acceptors (Lipinski definition) is 7. The van der Waals surface area contributed by atoms with E-state index in [1.807, 2.05) is 11.4 Å². The Morgan fingerprint density at radius 1 is 1.07 bits per heavy atom. The molecule has 2 aliphatic heterocycles. The molecular weight excluding hydrogens is 396 g/mol. The van der Waals surface area contributed by atoms with Crippen LogP contribution < -0.4 is 10.6 Å². The minimum absolute atomic E-state index is 0.0487. The van der Waals surface area contributed by atoms with E-state index in [0.717, 1.165) is 0 Å². The maximum atomic E-state index is 12.3. The molecule has 4 atom stereocenters. The monoisotopic (exact) mass is 416 g/mol. The molecule has 2 fully saturated rings. The Morgan fingerprint density at radius 2 is 1.83 bits per heavy atom. The molecule has 2 aromatic rings. The summed E-state index contributed by atoms with van der Waals surface area (Å²) < 4.78 is 16.9. The van der Waals surface area contributed by atoms with Crippen molar-refractivity contribution in [2.24, 2.45) is 0 Å². The van der Waals surface area contributed by atoms with Crippen molar-refractivity contribution in [1.82, 2.24) is 5.32 Å². The minimum Gasteiger partial charge on any atom is -0.441 e. The SMILES string of the molecule is CC(=O)c1ccc(NC(=O)OC2COC3C(NC(=O)c4cccs4)COC23)cc1. The molecule has 2 saturated heterocycles. The summed E-state index contributed by atoms with van der Waals surface area (Å²) in [5, 5.41) is 7.38. The predicted octanol–water partition coefficient (Wildman–Crippen LogP) is 2.46. The fourth-order valence-electron chi connectivity index (χ4n) is 3.41. The number of Topliss-reactive ketones (excluding diaryl/α,β-unsaturated/α-hetero) is 1. The van der Waals surface area contributed by atoms with Gasteiger partial charge in [0.05, 0.1) is 24.1 Å². The summed E-state index contributed by atoms with van der Waals surface area (Å²) in [7, 11) is 0. The van der Waals surface area contributed by atoms with E-state index in [-0.39, 0.29) is 30.4 Å². The van der Waals surface area contributed by atoms with Crippen LogP contribution in [0.1, 0.15) is 27.0 Å². The normalized spacial score (nSPS) is 25.3. The van der Waals surface area contributed by atoms with Gasteiger partial charge in [-0.15, -0.1) is 11.3 Å². The molecule has 4 rings (SSSR count). The third kappa shape index (κ3) is 4.31. The van der Waals surface area contributed by atoms with Crippen LogP contribution >= 0.6 is 11.3 Å². The number of thiophene rings is 1. The van der Waals surface area contributed by atoms with Gasteiger partial charge in [-0.05, 0) is 42.6 Å². The molecule has 2 amide bonds. The third-order valence-electron chi connectivity index (χ3n) is 4.87. The summed E-state index contributed by atoms with van der Waals surface area (Å²) in [5.41, 5.74) is 1.08. The summed E-state index contributed by atoms with van der Waals surface area (Å²) in [6, 6.07) is 9.80. The number of ketones is 1. The largest absolute Gasteiger partial charge is 0.441 e. The van der Waals surface area contributed by atoms with Crippen molar-refractivity contribution in [3.63, 3.8) is 0 Å². The molecule has 152 valence electrons. The Morgan fingerprint density at radius 3 is 2.52 bits per heavy atom. The topological polar surface area (TPSA) is 103 Å². The van der Waals surface area contributed by atoms with Crippen LogP contribution in [0.2, 0.25) is 0 Å². The molecule has 2 aliphatic rings. The van der Waals surface area contributed by atoms with E-state index in [1.54, 1.807) is 30.3 Å². The van der Waals surface area contributed by atoms with Crippen molar-refractivity contribution < 1.29 is 28.6 Å². The highest BCUT2D eigenvalue weighted by Crippen LogP contribution is 2.29. The highest BCUT2D eigenvalue weighted by Gasteiger charge is 2.50. The number of carbonyl (C=O) groups excluding carboxylic acids is 3. The van der Waals surface area contributed by atoms with Gasteiger partial charge in [0.2, 0.25) is 0 Å². The lowest BCUT2D eigenvalue weighted by molar-refractivity contribution is 0.00862. The first-order valence-corrected chi connectivity index (χ1v) is 10.1. The molecule has 0 saturated carbocycles. The fraction of sp³-hybridized carbons (Fsp3) is 0.350. The quantitative estimate of drug-likeness (QED) is 0.726. The van der Waals surface area contributed by atoms with E-state index in [0.29, 0.717) is 22.7 Å². The Balaban J connectivity index is 1.30. The molecular formula is C20H20N2O6S. The van der Waals surface area contributed by atoms with Crippen LogP contribution in [0.4, 0.5) is 10.5 Å². The molecule has 0 bridgehead atoms. The van der Waals surface area contributed by atoms with Gasteiger partial charge in [0.15, 0.2) is 11.9 Å². The number of rotatable bonds is 5. The smallest absolute Gasteiger partial charge is 0.412 e. The number of anilines is 1. The van der Waals surface area contributed by atoms with Gasteiger partial charge in [-0.25, -0.2) is 4.79 Å². The van der Waals surface area contributed by atoms with Crippen molar-refractivity contribution >= 4 is 34.8 Å². The predicted molar refractivity (Wildman–Crippen MR) is 105 cm³/mol. The number of carbonyl (C=O) groups is 3. The van der Waals surface area contributed by atoms with Gasteiger partial charge in [0, 0.05) is 11.3 Å².